The number of rotatable bonds is 7. The molecule has 4 aromatic carbocycles. The second-order valence-corrected chi connectivity index (χ2v) is 12.6. The smallest absolute Gasteiger partial charge is 0.367 e. The third-order valence-electron chi connectivity index (χ3n) is 9.44. The number of hydrogen-bond acceptors (Lipinski definition) is 1. The molecule has 2 nitrogen and oxygen atoms in total. The maximum absolute atomic E-state index is 6.29. The highest BCUT2D eigenvalue weighted by Crippen LogP contribution is 2.35. The number of pyridine rings is 1. The number of benzene rings is 4. The Labute approximate surface area is 259 Å². The molecule has 0 radical (unpaired) electrons. The van der Waals surface area contributed by atoms with Gasteiger partial charge in [0, 0.05) is 6.07 Å². The van der Waals surface area contributed by atoms with Crippen molar-refractivity contribution in [1.29, 1.82) is 0 Å². The van der Waals surface area contributed by atoms with E-state index in [1.165, 1.54) is 41.1 Å². The molecule has 0 bridgehead atoms. The Morgan fingerprint density at radius 1 is 0.605 bits per heavy atom. The molecule has 3 heteroatoms. The number of aromatic nitrogens is 1. The van der Waals surface area contributed by atoms with E-state index >= 15 is 0 Å². The molecule has 0 spiro atoms. The van der Waals surface area contributed by atoms with Gasteiger partial charge in [-0.05, 0) is 36.7 Å². The van der Waals surface area contributed by atoms with Crippen LogP contribution in [0.25, 0.3) is 0 Å². The van der Waals surface area contributed by atoms with E-state index in [2.05, 4.69) is 153 Å². The van der Waals surface area contributed by atoms with Gasteiger partial charge in [0.25, 0.3) is 0 Å². The van der Waals surface area contributed by atoms with Gasteiger partial charge >= 0.3 is 5.88 Å². The van der Waals surface area contributed by atoms with Crippen molar-refractivity contribution in [2.75, 3.05) is 0 Å². The van der Waals surface area contributed by atoms with E-state index in [0.29, 0.717) is 17.9 Å². The van der Waals surface area contributed by atoms with E-state index in [0.717, 1.165) is 11.8 Å². The van der Waals surface area contributed by atoms with Crippen LogP contribution in [-0.4, -0.2) is 12.2 Å². The molecule has 1 aromatic heterocycles. The third-order valence-corrected chi connectivity index (χ3v) is 9.44. The first kappa shape index (κ1) is 30.4. The van der Waals surface area contributed by atoms with Gasteiger partial charge in [0.2, 0.25) is 0 Å². The van der Waals surface area contributed by atoms with Gasteiger partial charge in [-0.15, -0.1) is 0 Å². The molecule has 220 valence electrons. The molecule has 5 aromatic rings. The molecule has 0 saturated heterocycles. The molecule has 1 aliphatic carbocycles. The van der Waals surface area contributed by atoms with Gasteiger partial charge in [-0.2, -0.15) is 26.4 Å². The lowest BCUT2D eigenvalue weighted by molar-refractivity contribution is -0.678. The van der Waals surface area contributed by atoms with Gasteiger partial charge in [0.05, 0.1) is 6.07 Å². The second kappa shape index (κ2) is 14.4. The Hall–Kier alpha value is -4.11. The third kappa shape index (κ3) is 6.94. The summed E-state index contributed by atoms with van der Waals surface area (Å²) in [5.41, 5.74) is 5.36. The average Bonchev–Trinajstić information content (AvgIpc) is 3.05. The van der Waals surface area contributed by atoms with Crippen LogP contribution in [0.4, 0.5) is 0 Å². The fourth-order valence-electron chi connectivity index (χ4n) is 7.16. The van der Waals surface area contributed by atoms with Crippen LogP contribution >= 0.6 is 0 Å². The minimum absolute atomic E-state index is 0.377. The lowest BCUT2D eigenvalue weighted by Crippen LogP contribution is -2.74. The van der Waals surface area contributed by atoms with Gasteiger partial charge in [-0.25, -0.2) is 0 Å². The van der Waals surface area contributed by atoms with Gasteiger partial charge in [-0.3, -0.25) is 0 Å². The minimum Gasteiger partial charge on any atom is -0.441 e. The Balaban J connectivity index is 0.000000181. The molecule has 1 saturated carbocycles. The zero-order chi connectivity index (χ0) is 30.1. The maximum Gasteiger partial charge on any atom is 0.367 e. The predicted molar refractivity (Wildman–Crippen MR) is 183 cm³/mol. The summed E-state index contributed by atoms with van der Waals surface area (Å²) >= 11 is 0. The Morgan fingerprint density at radius 3 is 1.42 bits per heavy atom. The highest BCUT2D eigenvalue weighted by Gasteiger charge is 2.34. The summed E-state index contributed by atoms with van der Waals surface area (Å²) in [7, 11) is 2.05. The van der Waals surface area contributed by atoms with Crippen molar-refractivity contribution in [3.05, 3.63) is 146 Å². The molecule has 43 heavy (non-hydrogen) atoms. The molecular formula is C40H46BNO. The predicted octanol–water partition coefficient (Wildman–Crippen LogP) is 6.41. The van der Waals surface area contributed by atoms with E-state index in [1.807, 2.05) is 25.4 Å². The molecule has 0 amide bonds. The summed E-state index contributed by atoms with van der Waals surface area (Å²) in [5, 5.41) is 0. The van der Waals surface area contributed by atoms with Crippen LogP contribution < -0.4 is 31.2 Å². The van der Waals surface area contributed by atoms with Gasteiger partial charge in [0.15, 0.2) is 6.20 Å². The van der Waals surface area contributed by atoms with Crippen molar-refractivity contribution >= 4 is 28.0 Å². The van der Waals surface area contributed by atoms with E-state index in [1.54, 1.807) is 0 Å². The first-order chi connectivity index (χ1) is 21.0. The standard InChI is InChI=1S/C24H20B.C16H26NO/c1-5-13-21(14-6-1)25(22-15-7-2-8-16-22,23-17-9-3-10-18-23)24-19-11-4-12-20-24;1-12(2)14-9-8-13(3)11-15(14)18-16-7-5-6-10-17(16)4/h1-20H;5-7,10,12-15H,8-9,11H2,1-4H3/q-1;+1. The minimum atomic E-state index is -1.22. The van der Waals surface area contributed by atoms with Crippen LogP contribution in [0.5, 0.6) is 5.88 Å². The molecule has 1 fully saturated rings. The van der Waals surface area contributed by atoms with Crippen LogP contribution in [0.3, 0.4) is 0 Å². The summed E-state index contributed by atoms with van der Waals surface area (Å²) in [5.74, 6) is 3.18. The normalized spacial score (nSPS) is 18.4. The summed E-state index contributed by atoms with van der Waals surface area (Å²) in [4.78, 5) is 0. The Bertz CT molecular complexity index is 1360. The molecule has 3 unspecified atom stereocenters. The Morgan fingerprint density at radius 2 is 1.02 bits per heavy atom. The van der Waals surface area contributed by atoms with E-state index < -0.39 is 6.15 Å². The number of nitrogens with zero attached hydrogens (tertiary/aromatic N) is 1. The molecule has 0 N–H and O–H groups in total. The van der Waals surface area contributed by atoms with E-state index in [-0.39, 0.29) is 0 Å². The topological polar surface area (TPSA) is 13.1 Å². The molecule has 0 aliphatic heterocycles. The molecule has 3 atom stereocenters. The molecule has 1 heterocycles. The molecular weight excluding hydrogens is 521 g/mol. The first-order valence-electron chi connectivity index (χ1n) is 16.0. The highest BCUT2D eigenvalue weighted by atomic mass is 16.5. The van der Waals surface area contributed by atoms with Gasteiger partial charge in [-0.1, -0.05) is 149 Å². The van der Waals surface area contributed by atoms with Gasteiger partial charge in [0.1, 0.15) is 19.3 Å². The summed E-state index contributed by atoms with van der Waals surface area (Å²) < 4.78 is 8.36. The number of ether oxygens (including phenoxy) is 1. The lowest BCUT2D eigenvalue weighted by Gasteiger charge is -2.44. The van der Waals surface area contributed by atoms with Crippen LogP contribution in [0.15, 0.2) is 146 Å². The largest absolute Gasteiger partial charge is 0.441 e. The summed E-state index contributed by atoms with van der Waals surface area (Å²) in [6.45, 7) is 6.99. The first-order valence-corrected chi connectivity index (χ1v) is 16.0. The van der Waals surface area contributed by atoms with Crippen LogP contribution in [-0.2, 0) is 7.05 Å². The highest BCUT2D eigenvalue weighted by molar-refractivity contribution is 7.19. The summed E-state index contributed by atoms with van der Waals surface area (Å²) in [6.07, 6.45) is 5.06. The summed E-state index contributed by atoms with van der Waals surface area (Å²) in [6, 6.07) is 49.7. The van der Waals surface area contributed by atoms with Crippen molar-refractivity contribution < 1.29 is 9.30 Å². The van der Waals surface area contributed by atoms with E-state index in [9.17, 15) is 0 Å². The fourth-order valence-corrected chi connectivity index (χ4v) is 7.16. The number of hydrogen-bond donors (Lipinski definition) is 0. The van der Waals surface area contributed by atoms with Gasteiger partial charge < -0.3 is 4.74 Å². The lowest BCUT2D eigenvalue weighted by atomic mass is 9.13. The van der Waals surface area contributed by atoms with Crippen LogP contribution in [0.2, 0.25) is 0 Å². The van der Waals surface area contributed by atoms with Crippen molar-refractivity contribution in [3.8, 4) is 5.88 Å². The molecule has 6 rings (SSSR count). The Kier molecular flexibility index (Phi) is 10.2. The zero-order valence-corrected chi connectivity index (χ0v) is 26.2. The van der Waals surface area contributed by atoms with Crippen LogP contribution in [0, 0.1) is 17.8 Å². The zero-order valence-electron chi connectivity index (χ0n) is 26.2. The van der Waals surface area contributed by atoms with Crippen LogP contribution in [0.1, 0.15) is 40.0 Å². The van der Waals surface area contributed by atoms with E-state index in [4.69, 9.17) is 4.74 Å². The second-order valence-electron chi connectivity index (χ2n) is 12.6. The van der Waals surface area contributed by atoms with Crippen molar-refractivity contribution in [2.24, 2.45) is 24.8 Å². The van der Waals surface area contributed by atoms with Crippen molar-refractivity contribution in [1.82, 2.24) is 0 Å². The monoisotopic (exact) mass is 567 g/mol. The van der Waals surface area contributed by atoms with Crippen molar-refractivity contribution in [3.63, 3.8) is 0 Å². The fraction of sp³-hybridized carbons (Fsp3) is 0.275. The number of aryl methyl sites for hydroxylation is 1. The molecule has 1 aliphatic rings. The van der Waals surface area contributed by atoms with Crippen molar-refractivity contribution in [2.45, 2.75) is 46.1 Å². The quantitative estimate of drug-likeness (QED) is 0.164. The SMILES string of the molecule is CC1CCC(C(C)C)C(Oc2cccc[n+]2C)C1.c1ccc([B-](c2ccccc2)(c2ccccc2)c2ccccc2)cc1. The average molecular weight is 568 g/mol. The maximum atomic E-state index is 6.29.